The zero-order chi connectivity index (χ0) is 19.4. The lowest BCUT2D eigenvalue weighted by molar-refractivity contribution is 0.351. The second kappa shape index (κ2) is 7.99. The average molecular weight is 369 g/mol. The van der Waals surface area contributed by atoms with Crippen LogP contribution in [0.4, 0.5) is 5.82 Å². The Balaban J connectivity index is 2.03. The topological polar surface area (TPSA) is 65.9 Å². The minimum atomic E-state index is 0.584. The summed E-state index contributed by atoms with van der Waals surface area (Å²) >= 11 is 0. The van der Waals surface area contributed by atoms with E-state index in [1.165, 1.54) is 0 Å². The molecular weight excluding hydrogens is 346 g/mol. The van der Waals surface area contributed by atoms with Crippen molar-refractivity contribution in [2.45, 2.75) is 6.54 Å². The van der Waals surface area contributed by atoms with E-state index in [1.54, 1.807) is 34.8 Å². The molecule has 0 bridgehead atoms. The molecule has 142 valence electrons. The van der Waals surface area contributed by atoms with Gasteiger partial charge in [-0.05, 0) is 12.1 Å². The lowest BCUT2D eigenvalue weighted by Gasteiger charge is -2.22. The predicted octanol–water partition coefficient (Wildman–Crippen LogP) is 3.30. The molecule has 0 N–H and O–H groups in total. The fourth-order valence-electron chi connectivity index (χ4n) is 3.08. The largest absolute Gasteiger partial charge is 0.493 e. The highest BCUT2D eigenvalue weighted by molar-refractivity contribution is 5.91. The Bertz CT molecular complexity index is 946. The van der Waals surface area contributed by atoms with Crippen LogP contribution in [0.25, 0.3) is 10.9 Å². The van der Waals surface area contributed by atoms with Crippen molar-refractivity contribution < 1.29 is 18.9 Å². The highest BCUT2D eigenvalue weighted by Crippen LogP contribution is 2.36. The molecule has 0 saturated heterocycles. The van der Waals surface area contributed by atoms with Gasteiger partial charge in [0, 0.05) is 30.6 Å². The zero-order valence-electron chi connectivity index (χ0n) is 16.1. The molecule has 3 aromatic rings. The average Bonchev–Trinajstić information content (AvgIpc) is 2.71. The second-order valence-electron chi connectivity index (χ2n) is 5.93. The fraction of sp³-hybridized carbons (Fsp3) is 0.300. The molecule has 7 heteroatoms. The van der Waals surface area contributed by atoms with E-state index in [2.05, 4.69) is 9.97 Å². The summed E-state index contributed by atoms with van der Waals surface area (Å²) < 4.78 is 21.7. The maximum absolute atomic E-state index is 5.54. The summed E-state index contributed by atoms with van der Waals surface area (Å²) in [6.45, 7) is 0.584. The summed E-state index contributed by atoms with van der Waals surface area (Å²) in [5.74, 6) is 3.46. The van der Waals surface area contributed by atoms with Crippen molar-refractivity contribution in [3.8, 4) is 23.0 Å². The summed E-state index contributed by atoms with van der Waals surface area (Å²) in [4.78, 5) is 10.9. The fourth-order valence-corrected chi connectivity index (χ4v) is 3.08. The van der Waals surface area contributed by atoms with E-state index in [9.17, 15) is 0 Å². The summed E-state index contributed by atoms with van der Waals surface area (Å²) in [6.07, 6.45) is 1.54. The first-order chi connectivity index (χ1) is 13.1. The molecule has 0 spiro atoms. The summed E-state index contributed by atoms with van der Waals surface area (Å²) in [7, 11) is 8.45. The first-order valence-electron chi connectivity index (χ1n) is 8.40. The van der Waals surface area contributed by atoms with Crippen molar-refractivity contribution in [1.82, 2.24) is 9.97 Å². The van der Waals surface area contributed by atoms with Gasteiger partial charge in [0.05, 0.1) is 34.0 Å². The summed E-state index contributed by atoms with van der Waals surface area (Å²) in [5, 5.41) is 0.875. The van der Waals surface area contributed by atoms with Crippen LogP contribution in [0.15, 0.2) is 36.7 Å². The summed E-state index contributed by atoms with van der Waals surface area (Å²) in [6, 6.07) is 9.56. The minimum Gasteiger partial charge on any atom is -0.493 e. The molecule has 0 aliphatic rings. The van der Waals surface area contributed by atoms with Crippen molar-refractivity contribution in [1.29, 1.82) is 0 Å². The van der Waals surface area contributed by atoms with Gasteiger partial charge in [-0.3, -0.25) is 0 Å². The number of fused-ring (bicyclic) bond motifs is 1. The molecule has 0 amide bonds. The predicted molar refractivity (Wildman–Crippen MR) is 104 cm³/mol. The Morgan fingerprint density at radius 1 is 0.852 bits per heavy atom. The molecule has 27 heavy (non-hydrogen) atoms. The van der Waals surface area contributed by atoms with Gasteiger partial charge >= 0.3 is 0 Å². The first kappa shape index (κ1) is 18.6. The number of nitrogens with zero attached hydrogens (tertiary/aromatic N) is 3. The maximum atomic E-state index is 5.54. The van der Waals surface area contributed by atoms with Crippen LogP contribution in [-0.2, 0) is 6.54 Å². The molecule has 0 atom stereocenters. The number of rotatable bonds is 7. The van der Waals surface area contributed by atoms with Crippen molar-refractivity contribution >= 4 is 16.7 Å². The molecule has 1 aromatic heterocycles. The molecule has 0 radical (unpaired) electrons. The quantitative estimate of drug-likeness (QED) is 0.633. The van der Waals surface area contributed by atoms with Crippen LogP contribution in [0.1, 0.15) is 5.56 Å². The molecule has 0 saturated carbocycles. The molecular formula is C20H23N3O4. The smallest absolute Gasteiger partial charge is 0.165 e. The number of ether oxygens (including phenoxy) is 4. The number of para-hydroxylation sites is 1. The Kier molecular flexibility index (Phi) is 5.49. The molecule has 0 aliphatic carbocycles. The Morgan fingerprint density at radius 3 is 2.22 bits per heavy atom. The second-order valence-corrected chi connectivity index (χ2v) is 5.93. The van der Waals surface area contributed by atoms with Gasteiger partial charge in [0.2, 0.25) is 0 Å². The third kappa shape index (κ3) is 3.53. The van der Waals surface area contributed by atoms with Gasteiger partial charge in [-0.25, -0.2) is 9.97 Å². The van der Waals surface area contributed by atoms with Gasteiger partial charge in [-0.2, -0.15) is 0 Å². The molecule has 0 unspecified atom stereocenters. The number of aromatic nitrogens is 2. The van der Waals surface area contributed by atoms with Crippen LogP contribution < -0.4 is 23.8 Å². The Hall–Kier alpha value is -3.22. The molecule has 7 nitrogen and oxygen atoms in total. The number of anilines is 1. The van der Waals surface area contributed by atoms with Crippen molar-refractivity contribution in [2.24, 2.45) is 0 Å². The Morgan fingerprint density at radius 2 is 1.56 bits per heavy atom. The van der Waals surface area contributed by atoms with Crippen LogP contribution in [0, 0.1) is 0 Å². The standard InChI is InChI=1S/C20H23N3O4/c1-23(11-13-7-6-8-16(24-2)19(13)27-5)20-14-9-17(25-3)18(26-4)10-15(14)21-12-22-20/h6-10,12H,11H2,1-5H3. The van der Waals surface area contributed by atoms with Crippen LogP contribution >= 0.6 is 0 Å². The van der Waals surface area contributed by atoms with E-state index in [1.807, 2.05) is 42.3 Å². The number of hydrogen-bond acceptors (Lipinski definition) is 7. The van der Waals surface area contributed by atoms with Crippen LogP contribution in [-0.4, -0.2) is 45.5 Å². The number of methoxy groups -OCH3 is 4. The molecule has 2 aromatic carbocycles. The third-order valence-electron chi connectivity index (χ3n) is 4.37. The SMILES string of the molecule is COc1cc2ncnc(N(C)Cc3cccc(OC)c3OC)c2cc1OC. The summed E-state index contributed by atoms with van der Waals surface area (Å²) in [5.41, 5.74) is 1.77. The van der Waals surface area contributed by atoms with Crippen LogP contribution in [0.3, 0.4) is 0 Å². The lowest BCUT2D eigenvalue weighted by atomic mass is 10.1. The Labute approximate surface area is 158 Å². The van der Waals surface area contributed by atoms with Crippen molar-refractivity contribution in [2.75, 3.05) is 40.4 Å². The van der Waals surface area contributed by atoms with Gasteiger partial charge in [-0.1, -0.05) is 12.1 Å². The molecule has 0 fully saturated rings. The molecule has 1 heterocycles. The van der Waals surface area contributed by atoms with Gasteiger partial charge in [0.1, 0.15) is 12.1 Å². The first-order valence-corrected chi connectivity index (χ1v) is 8.40. The van der Waals surface area contributed by atoms with Gasteiger partial charge in [-0.15, -0.1) is 0 Å². The monoisotopic (exact) mass is 369 g/mol. The van der Waals surface area contributed by atoms with E-state index in [0.29, 0.717) is 29.5 Å². The highest BCUT2D eigenvalue weighted by atomic mass is 16.5. The maximum Gasteiger partial charge on any atom is 0.165 e. The van der Waals surface area contributed by atoms with Gasteiger partial charge < -0.3 is 23.8 Å². The third-order valence-corrected chi connectivity index (χ3v) is 4.37. The van der Waals surface area contributed by atoms with E-state index < -0.39 is 0 Å². The minimum absolute atomic E-state index is 0.584. The van der Waals surface area contributed by atoms with E-state index in [-0.39, 0.29) is 0 Å². The van der Waals surface area contributed by atoms with Gasteiger partial charge in [0.25, 0.3) is 0 Å². The molecule has 0 aliphatic heterocycles. The van der Waals surface area contributed by atoms with Gasteiger partial charge in [0.15, 0.2) is 23.0 Å². The van der Waals surface area contributed by atoms with Crippen LogP contribution in [0.2, 0.25) is 0 Å². The number of hydrogen-bond donors (Lipinski definition) is 0. The highest BCUT2D eigenvalue weighted by Gasteiger charge is 2.16. The van der Waals surface area contributed by atoms with Crippen molar-refractivity contribution in [3.63, 3.8) is 0 Å². The van der Waals surface area contributed by atoms with Crippen molar-refractivity contribution in [3.05, 3.63) is 42.2 Å². The van der Waals surface area contributed by atoms with E-state index in [0.717, 1.165) is 22.3 Å². The number of benzene rings is 2. The van der Waals surface area contributed by atoms with E-state index >= 15 is 0 Å². The lowest BCUT2D eigenvalue weighted by Crippen LogP contribution is -2.19. The van der Waals surface area contributed by atoms with Crippen LogP contribution in [0.5, 0.6) is 23.0 Å². The zero-order valence-corrected chi connectivity index (χ0v) is 16.1. The molecule has 3 rings (SSSR count). The van der Waals surface area contributed by atoms with E-state index in [4.69, 9.17) is 18.9 Å². The normalized spacial score (nSPS) is 10.6.